The van der Waals surface area contributed by atoms with Crippen molar-refractivity contribution in [3.63, 3.8) is 0 Å². The van der Waals surface area contributed by atoms with E-state index in [9.17, 15) is 18.9 Å². The molecule has 5 nitrogen and oxygen atoms in total. The van der Waals surface area contributed by atoms with E-state index >= 15 is 0 Å². The first kappa shape index (κ1) is 12.2. The second-order valence-electron chi connectivity index (χ2n) is 3.78. The summed E-state index contributed by atoms with van der Waals surface area (Å²) in [4.78, 5) is 16.9. The number of hydrogen-bond acceptors (Lipinski definition) is 3. The van der Waals surface area contributed by atoms with Crippen LogP contribution in [0.4, 0.5) is 14.5 Å². The lowest BCUT2D eigenvalue weighted by atomic mass is 10.2. The molecule has 18 heavy (non-hydrogen) atoms. The number of hydrogen-bond donors (Lipinski definition) is 1. The van der Waals surface area contributed by atoms with Gasteiger partial charge in [0.1, 0.15) is 23.8 Å². The summed E-state index contributed by atoms with van der Waals surface area (Å²) in [7, 11) is 0. The molecule has 0 unspecified atom stereocenters. The average molecular weight is 253 g/mol. The molecule has 1 aromatic carbocycles. The largest absolute Gasteiger partial charge is 0.336 e. The number of nitro benzene ring substituents is 1. The zero-order chi connectivity index (χ0) is 13.3. The maximum atomic E-state index is 12.7. The van der Waals surface area contributed by atoms with Crippen LogP contribution in [0.3, 0.4) is 0 Å². The molecular weight excluding hydrogens is 244 g/mol. The van der Waals surface area contributed by atoms with E-state index in [0.29, 0.717) is 0 Å². The first-order valence-corrected chi connectivity index (χ1v) is 5.06. The van der Waals surface area contributed by atoms with Gasteiger partial charge in [-0.2, -0.15) is 0 Å². The van der Waals surface area contributed by atoms with Crippen molar-refractivity contribution in [1.82, 2.24) is 9.97 Å². The average Bonchev–Trinajstić information content (AvgIpc) is 2.67. The Morgan fingerprint density at radius 3 is 2.83 bits per heavy atom. The maximum Gasteiger partial charge on any atom is 0.295 e. The van der Waals surface area contributed by atoms with Crippen molar-refractivity contribution >= 4 is 16.7 Å². The van der Waals surface area contributed by atoms with Crippen LogP contribution >= 0.6 is 0 Å². The van der Waals surface area contributed by atoms with E-state index in [1.165, 1.54) is 6.07 Å². The molecule has 0 amide bonds. The van der Waals surface area contributed by atoms with Gasteiger partial charge in [-0.05, 0) is 11.6 Å². The molecule has 0 saturated heterocycles. The Kier molecular flexibility index (Phi) is 3.05. The zero-order valence-corrected chi connectivity index (χ0v) is 9.24. The van der Waals surface area contributed by atoms with E-state index in [4.69, 9.17) is 0 Å². The Labute approximate surface area is 100 Å². The van der Waals surface area contributed by atoms with Crippen LogP contribution in [0, 0.1) is 10.1 Å². The highest BCUT2D eigenvalue weighted by Crippen LogP contribution is 2.26. The second-order valence-corrected chi connectivity index (χ2v) is 3.78. The van der Waals surface area contributed by atoms with Crippen LogP contribution in [-0.4, -0.2) is 14.9 Å². The van der Waals surface area contributed by atoms with Crippen molar-refractivity contribution in [1.29, 1.82) is 0 Å². The van der Waals surface area contributed by atoms with E-state index in [-0.39, 0.29) is 34.5 Å². The molecule has 2 rings (SSSR count). The van der Waals surface area contributed by atoms with Crippen LogP contribution in [0.15, 0.2) is 24.5 Å². The van der Waals surface area contributed by atoms with Crippen LogP contribution in [0.1, 0.15) is 11.4 Å². The lowest BCUT2D eigenvalue weighted by molar-refractivity contribution is -0.383. The van der Waals surface area contributed by atoms with Gasteiger partial charge in [-0.15, -0.1) is 0 Å². The summed E-state index contributed by atoms with van der Waals surface area (Å²) in [5.41, 5.74) is 0.288. The van der Waals surface area contributed by atoms with Gasteiger partial charge in [-0.1, -0.05) is 6.58 Å². The molecule has 7 heteroatoms. The van der Waals surface area contributed by atoms with Gasteiger partial charge in [-0.3, -0.25) is 10.1 Å². The van der Waals surface area contributed by atoms with Crippen LogP contribution < -0.4 is 0 Å². The number of halogens is 2. The highest BCUT2D eigenvalue weighted by atomic mass is 19.1. The molecule has 1 N–H and O–H groups in total. The summed E-state index contributed by atoms with van der Waals surface area (Å²) in [5.74, 6) is -0.390. The molecule has 0 saturated carbocycles. The third-order valence-corrected chi connectivity index (χ3v) is 2.39. The number of nitro groups is 1. The number of aromatic amines is 1. The van der Waals surface area contributed by atoms with E-state index in [2.05, 4.69) is 16.5 Å². The number of nitrogens with one attached hydrogen (secondary N) is 1. The summed E-state index contributed by atoms with van der Waals surface area (Å²) < 4.78 is 25.3. The minimum absolute atomic E-state index is 0.156. The SMILES string of the molecule is C=C(F)Cc1nc2cc(CF)cc([N+](=O)[O-])c2[nH]1. The summed E-state index contributed by atoms with van der Waals surface area (Å²) >= 11 is 0. The molecule has 0 aliphatic heterocycles. The maximum absolute atomic E-state index is 12.7. The van der Waals surface area contributed by atoms with Crippen molar-refractivity contribution in [2.75, 3.05) is 0 Å². The van der Waals surface area contributed by atoms with Crippen molar-refractivity contribution < 1.29 is 13.7 Å². The van der Waals surface area contributed by atoms with Gasteiger partial charge in [0.25, 0.3) is 5.69 Å². The Morgan fingerprint density at radius 1 is 1.56 bits per heavy atom. The van der Waals surface area contributed by atoms with Gasteiger partial charge >= 0.3 is 0 Å². The van der Waals surface area contributed by atoms with Gasteiger partial charge in [0.2, 0.25) is 0 Å². The number of alkyl halides is 1. The fourth-order valence-corrected chi connectivity index (χ4v) is 1.69. The molecule has 0 aliphatic rings. The van der Waals surface area contributed by atoms with E-state index in [1.807, 2.05) is 0 Å². The fraction of sp³-hybridized carbons (Fsp3) is 0.182. The molecule has 0 fully saturated rings. The zero-order valence-electron chi connectivity index (χ0n) is 9.24. The highest BCUT2D eigenvalue weighted by Gasteiger charge is 2.17. The number of imidazole rings is 1. The smallest absolute Gasteiger partial charge is 0.295 e. The lowest BCUT2D eigenvalue weighted by Crippen LogP contribution is -1.92. The Morgan fingerprint density at radius 2 is 2.28 bits per heavy atom. The molecule has 2 aromatic rings. The first-order chi connectivity index (χ1) is 8.51. The van der Waals surface area contributed by atoms with Crippen LogP contribution in [0.25, 0.3) is 11.0 Å². The Balaban J connectivity index is 2.62. The highest BCUT2D eigenvalue weighted by molar-refractivity contribution is 5.85. The minimum Gasteiger partial charge on any atom is -0.336 e. The molecule has 1 aromatic heterocycles. The monoisotopic (exact) mass is 253 g/mol. The predicted molar refractivity (Wildman–Crippen MR) is 61.5 cm³/mol. The molecule has 94 valence electrons. The number of H-pyrrole nitrogens is 1. The van der Waals surface area contributed by atoms with E-state index in [1.54, 1.807) is 0 Å². The molecule has 0 bridgehead atoms. The number of benzene rings is 1. The summed E-state index contributed by atoms with van der Waals surface area (Å²) in [6, 6.07) is 2.53. The molecule has 0 radical (unpaired) electrons. The van der Waals surface area contributed by atoms with Gasteiger partial charge < -0.3 is 4.98 Å². The van der Waals surface area contributed by atoms with Gasteiger partial charge in [0, 0.05) is 6.07 Å². The Hall–Kier alpha value is -2.31. The van der Waals surface area contributed by atoms with Gasteiger partial charge in [0.05, 0.1) is 16.9 Å². The quantitative estimate of drug-likeness (QED) is 0.672. The number of aromatic nitrogens is 2. The van der Waals surface area contributed by atoms with Crippen LogP contribution in [-0.2, 0) is 13.1 Å². The summed E-state index contributed by atoms with van der Waals surface area (Å²) in [5, 5.41) is 10.9. The standard InChI is InChI=1S/C11H9F2N3O2/c1-6(13)2-10-14-8-3-7(5-12)4-9(16(17)18)11(8)15-10/h3-4H,1-2,5H2,(H,14,15). The third kappa shape index (κ3) is 2.20. The predicted octanol–water partition coefficient (Wildman–Crippen LogP) is 2.97. The number of allylic oxidation sites excluding steroid dienone is 1. The van der Waals surface area contributed by atoms with Crippen molar-refractivity contribution in [2.24, 2.45) is 0 Å². The van der Waals surface area contributed by atoms with E-state index in [0.717, 1.165) is 6.07 Å². The number of fused-ring (bicyclic) bond motifs is 1. The first-order valence-electron chi connectivity index (χ1n) is 5.06. The number of rotatable bonds is 4. The van der Waals surface area contributed by atoms with Crippen LogP contribution in [0.2, 0.25) is 0 Å². The normalized spacial score (nSPS) is 10.8. The van der Waals surface area contributed by atoms with Crippen molar-refractivity contribution in [2.45, 2.75) is 13.1 Å². The lowest BCUT2D eigenvalue weighted by Gasteiger charge is -1.96. The van der Waals surface area contributed by atoms with Gasteiger partial charge in [-0.25, -0.2) is 13.8 Å². The number of non-ortho nitro benzene ring substituents is 1. The number of nitrogens with zero attached hydrogens (tertiary/aromatic N) is 2. The van der Waals surface area contributed by atoms with Crippen molar-refractivity contribution in [3.05, 3.63) is 46.0 Å². The summed E-state index contributed by atoms with van der Waals surface area (Å²) in [6.45, 7) is 2.27. The van der Waals surface area contributed by atoms with Gasteiger partial charge in [0.15, 0.2) is 0 Å². The topological polar surface area (TPSA) is 71.8 Å². The molecular formula is C11H9F2N3O2. The third-order valence-electron chi connectivity index (χ3n) is 2.39. The minimum atomic E-state index is -0.825. The van der Waals surface area contributed by atoms with Crippen LogP contribution in [0.5, 0.6) is 0 Å². The fourth-order valence-electron chi connectivity index (χ4n) is 1.69. The molecule has 0 atom stereocenters. The molecule has 0 spiro atoms. The molecule has 1 heterocycles. The second kappa shape index (κ2) is 4.52. The van der Waals surface area contributed by atoms with E-state index < -0.39 is 17.4 Å². The molecule has 0 aliphatic carbocycles. The summed E-state index contributed by atoms with van der Waals surface area (Å²) in [6.07, 6.45) is -0.156. The van der Waals surface area contributed by atoms with Crippen molar-refractivity contribution in [3.8, 4) is 0 Å². The Bertz CT molecular complexity index is 636.